The zero-order valence-corrected chi connectivity index (χ0v) is 16.4. The molecule has 8 heteroatoms. The number of fused-ring (bicyclic) bond motifs is 1. The highest BCUT2D eigenvalue weighted by Gasteiger charge is 2.18. The second kappa shape index (κ2) is 7.13. The lowest BCUT2D eigenvalue weighted by Gasteiger charge is -2.11. The molecule has 1 N–H and O–H groups in total. The summed E-state index contributed by atoms with van der Waals surface area (Å²) in [6.45, 7) is 6.20. The van der Waals surface area contributed by atoms with Crippen molar-refractivity contribution in [3.05, 3.63) is 52.1 Å². The predicted molar refractivity (Wildman–Crippen MR) is 105 cm³/mol. The van der Waals surface area contributed by atoms with Crippen LogP contribution >= 0.6 is 11.3 Å². The van der Waals surface area contributed by atoms with E-state index in [0.29, 0.717) is 22.7 Å². The molecule has 1 heterocycles. The first kappa shape index (κ1) is 18.5. The zero-order valence-electron chi connectivity index (χ0n) is 14.7. The van der Waals surface area contributed by atoms with Gasteiger partial charge in [0.15, 0.2) is 0 Å². The third-order valence-corrected chi connectivity index (χ3v) is 6.11. The summed E-state index contributed by atoms with van der Waals surface area (Å²) < 4.78 is 35.7. The molecule has 2 aromatic carbocycles. The lowest BCUT2D eigenvalue weighted by atomic mass is 10.3. The summed E-state index contributed by atoms with van der Waals surface area (Å²) in [7, 11) is -3.77. The lowest BCUT2D eigenvalue weighted by Crippen LogP contribution is -2.15. The largest absolute Gasteiger partial charge is 0.494 e. The van der Waals surface area contributed by atoms with Crippen LogP contribution in [0.3, 0.4) is 0 Å². The Morgan fingerprint density at radius 2 is 1.96 bits per heavy atom. The van der Waals surface area contributed by atoms with Crippen LogP contribution in [0.1, 0.15) is 26.8 Å². The van der Waals surface area contributed by atoms with E-state index in [-0.39, 0.29) is 15.8 Å². The molecule has 0 spiro atoms. The van der Waals surface area contributed by atoms with Crippen LogP contribution in [-0.2, 0) is 10.0 Å². The van der Waals surface area contributed by atoms with E-state index >= 15 is 0 Å². The molecule has 6 nitrogen and oxygen atoms in total. The van der Waals surface area contributed by atoms with Gasteiger partial charge in [0, 0.05) is 12.1 Å². The number of nitrogens with one attached hydrogen (secondary N) is 1. The van der Waals surface area contributed by atoms with Crippen molar-refractivity contribution in [3.8, 4) is 5.75 Å². The Morgan fingerprint density at radius 1 is 1.19 bits per heavy atom. The van der Waals surface area contributed by atoms with Gasteiger partial charge in [-0.05, 0) is 51.1 Å². The van der Waals surface area contributed by atoms with Crippen LogP contribution in [0.25, 0.3) is 10.2 Å². The van der Waals surface area contributed by atoms with Gasteiger partial charge in [0.2, 0.25) is 0 Å². The molecule has 3 aromatic rings. The fraction of sp³-hybridized carbons (Fsp3) is 0.278. The van der Waals surface area contributed by atoms with Crippen LogP contribution in [0.2, 0.25) is 0 Å². The number of anilines is 1. The SMILES string of the molecule is CCOc1cccc(NS(=O)(=O)c2ccc3c(c2)sc(=O)n3C(C)C)c1. The number of rotatable bonds is 6. The number of aromatic nitrogens is 1. The standard InChI is InChI=1S/C18H20N2O4S2/c1-4-24-14-7-5-6-13(10-14)19-26(22,23)15-8-9-16-17(11-15)25-18(21)20(16)12(2)3/h5-12,19H,4H2,1-3H3. The minimum absolute atomic E-state index is 0.0122. The van der Waals surface area contributed by atoms with E-state index in [2.05, 4.69) is 4.72 Å². The number of hydrogen-bond donors (Lipinski definition) is 1. The number of sulfonamides is 1. The Morgan fingerprint density at radius 3 is 2.65 bits per heavy atom. The number of benzene rings is 2. The molecule has 0 atom stereocenters. The van der Waals surface area contributed by atoms with Gasteiger partial charge in [-0.2, -0.15) is 0 Å². The van der Waals surface area contributed by atoms with Crippen LogP contribution in [0.4, 0.5) is 5.69 Å². The Hall–Kier alpha value is -2.32. The van der Waals surface area contributed by atoms with Crippen molar-refractivity contribution in [2.75, 3.05) is 11.3 Å². The van der Waals surface area contributed by atoms with E-state index in [0.717, 1.165) is 16.9 Å². The average Bonchev–Trinajstić information content (AvgIpc) is 2.90. The second-order valence-corrected chi connectivity index (χ2v) is 8.70. The minimum Gasteiger partial charge on any atom is -0.494 e. The molecule has 26 heavy (non-hydrogen) atoms. The predicted octanol–water partition coefficient (Wildman–Crippen LogP) is 3.84. The smallest absolute Gasteiger partial charge is 0.308 e. The molecule has 0 saturated carbocycles. The van der Waals surface area contributed by atoms with Crippen molar-refractivity contribution in [2.24, 2.45) is 0 Å². The molecule has 0 amide bonds. The molecule has 138 valence electrons. The van der Waals surface area contributed by atoms with E-state index in [1.54, 1.807) is 34.9 Å². The van der Waals surface area contributed by atoms with E-state index in [4.69, 9.17) is 4.74 Å². The second-order valence-electron chi connectivity index (χ2n) is 6.03. The quantitative estimate of drug-likeness (QED) is 0.691. The van der Waals surface area contributed by atoms with E-state index in [1.165, 1.54) is 12.1 Å². The Labute approximate surface area is 156 Å². The molecule has 0 aliphatic carbocycles. The van der Waals surface area contributed by atoms with Gasteiger partial charge >= 0.3 is 4.87 Å². The zero-order chi connectivity index (χ0) is 18.9. The molecule has 1 aromatic heterocycles. The van der Waals surface area contributed by atoms with Crippen molar-refractivity contribution in [2.45, 2.75) is 31.7 Å². The molecule has 0 saturated heterocycles. The average molecular weight is 393 g/mol. The third-order valence-electron chi connectivity index (χ3n) is 3.81. The Kier molecular flexibility index (Phi) is 5.06. The summed E-state index contributed by atoms with van der Waals surface area (Å²) in [5.41, 5.74) is 1.16. The van der Waals surface area contributed by atoms with Crippen LogP contribution < -0.4 is 14.3 Å². The molecular formula is C18H20N2O4S2. The van der Waals surface area contributed by atoms with Crippen molar-refractivity contribution in [1.82, 2.24) is 4.57 Å². The molecule has 0 bridgehead atoms. The maximum absolute atomic E-state index is 12.7. The summed E-state index contributed by atoms with van der Waals surface area (Å²) in [6.07, 6.45) is 0. The normalized spacial score (nSPS) is 11.8. The fourth-order valence-corrected chi connectivity index (χ4v) is 4.91. The topological polar surface area (TPSA) is 77.4 Å². The van der Waals surface area contributed by atoms with Gasteiger partial charge in [0.1, 0.15) is 5.75 Å². The molecule has 0 aliphatic rings. The highest BCUT2D eigenvalue weighted by Crippen LogP contribution is 2.26. The molecule has 0 unspecified atom stereocenters. The summed E-state index contributed by atoms with van der Waals surface area (Å²) in [5.74, 6) is 0.593. The van der Waals surface area contributed by atoms with Crippen LogP contribution in [-0.4, -0.2) is 19.6 Å². The Bertz CT molecular complexity index is 1100. The van der Waals surface area contributed by atoms with Crippen LogP contribution in [0.15, 0.2) is 52.2 Å². The molecule has 0 radical (unpaired) electrons. The third kappa shape index (κ3) is 3.61. The lowest BCUT2D eigenvalue weighted by molar-refractivity contribution is 0.340. The van der Waals surface area contributed by atoms with Gasteiger partial charge in [-0.15, -0.1) is 0 Å². The van der Waals surface area contributed by atoms with Crippen molar-refractivity contribution in [1.29, 1.82) is 0 Å². The van der Waals surface area contributed by atoms with Crippen LogP contribution in [0, 0.1) is 0 Å². The monoisotopic (exact) mass is 392 g/mol. The fourth-order valence-electron chi connectivity index (χ4n) is 2.70. The first-order chi connectivity index (χ1) is 12.3. The number of ether oxygens (including phenoxy) is 1. The molecular weight excluding hydrogens is 372 g/mol. The Balaban J connectivity index is 1.97. The summed E-state index contributed by atoms with van der Waals surface area (Å²) in [4.78, 5) is 12.2. The van der Waals surface area contributed by atoms with Gasteiger partial charge in [0.25, 0.3) is 10.0 Å². The van der Waals surface area contributed by atoms with Crippen LogP contribution in [0.5, 0.6) is 5.75 Å². The molecule has 0 fully saturated rings. The maximum Gasteiger partial charge on any atom is 0.308 e. The molecule has 0 aliphatic heterocycles. The maximum atomic E-state index is 12.7. The van der Waals surface area contributed by atoms with E-state index < -0.39 is 10.0 Å². The number of thiazole rings is 1. The van der Waals surface area contributed by atoms with Crippen molar-refractivity contribution >= 4 is 37.3 Å². The summed E-state index contributed by atoms with van der Waals surface area (Å²) in [5, 5.41) is 0. The first-order valence-corrected chi connectivity index (χ1v) is 10.5. The van der Waals surface area contributed by atoms with Gasteiger partial charge < -0.3 is 4.74 Å². The van der Waals surface area contributed by atoms with Gasteiger partial charge in [0.05, 0.1) is 27.4 Å². The number of nitrogens with zero attached hydrogens (tertiary/aromatic N) is 1. The minimum atomic E-state index is -3.77. The highest BCUT2D eigenvalue weighted by molar-refractivity contribution is 7.92. The molecule has 3 rings (SSSR count). The summed E-state index contributed by atoms with van der Waals surface area (Å²) >= 11 is 1.05. The van der Waals surface area contributed by atoms with E-state index in [9.17, 15) is 13.2 Å². The number of hydrogen-bond acceptors (Lipinski definition) is 5. The van der Waals surface area contributed by atoms with Gasteiger partial charge in [-0.1, -0.05) is 17.4 Å². The van der Waals surface area contributed by atoms with E-state index in [1.807, 2.05) is 20.8 Å². The van der Waals surface area contributed by atoms with Crippen molar-refractivity contribution < 1.29 is 13.2 Å². The summed E-state index contributed by atoms with van der Waals surface area (Å²) in [6, 6.07) is 11.5. The van der Waals surface area contributed by atoms with Gasteiger partial charge in [-0.25, -0.2) is 8.42 Å². The van der Waals surface area contributed by atoms with Gasteiger partial charge in [-0.3, -0.25) is 14.1 Å². The van der Waals surface area contributed by atoms with Crippen molar-refractivity contribution in [3.63, 3.8) is 0 Å². The highest BCUT2D eigenvalue weighted by atomic mass is 32.2. The first-order valence-electron chi connectivity index (χ1n) is 8.22.